The number of pyridine rings is 2. The van der Waals surface area contributed by atoms with Crippen molar-refractivity contribution in [2.24, 2.45) is 0 Å². The molecule has 0 bridgehead atoms. The standard InChI is InChI=1S/C25H22FN7O/c1-15(2)33-14-28-30-24(33)20-4-3-5-22(29-20)32-11-17-10-18(8-9-19(17)23(26)25(32)34)31-12-21(27-13-31)16-6-7-16/h3-5,8-16H,6-7H2,1-2H3. The van der Waals surface area contributed by atoms with Crippen molar-refractivity contribution in [3.05, 3.63) is 83.3 Å². The number of nitrogens with zero attached hydrogens (tertiary/aromatic N) is 7. The Morgan fingerprint density at radius 3 is 2.74 bits per heavy atom. The molecule has 0 unspecified atom stereocenters. The van der Waals surface area contributed by atoms with Gasteiger partial charge in [0.25, 0.3) is 5.56 Å². The van der Waals surface area contributed by atoms with Crippen LogP contribution in [0, 0.1) is 5.82 Å². The molecule has 34 heavy (non-hydrogen) atoms. The maximum atomic E-state index is 15.1. The van der Waals surface area contributed by atoms with E-state index in [1.165, 1.54) is 17.4 Å². The lowest BCUT2D eigenvalue weighted by atomic mass is 10.1. The highest BCUT2D eigenvalue weighted by molar-refractivity contribution is 5.84. The molecule has 0 spiro atoms. The molecule has 1 fully saturated rings. The van der Waals surface area contributed by atoms with Gasteiger partial charge in [-0.3, -0.25) is 9.36 Å². The molecule has 0 atom stereocenters. The quantitative estimate of drug-likeness (QED) is 0.392. The van der Waals surface area contributed by atoms with Gasteiger partial charge in [0.05, 0.1) is 12.0 Å². The largest absolute Gasteiger partial charge is 0.310 e. The first kappa shape index (κ1) is 20.5. The number of hydrogen-bond donors (Lipinski definition) is 0. The van der Waals surface area contributed by atoms with Gasteiger partial charge in [0.1, 0.15) is 17.8 Å². The Hall–Kier alpha value is -4.14. The summed E-state index contributed by atoms with van der Waals surface area (Å²) in [4.78, 5) is 22.0. The van der Waals surface area contributed by atoms with E-state index in [-0.39, 0.29) is 11.4 Å². The van der Waals surface area contributed by atoms with Crippen molar-refractivity contribution in [1.29, 1.82) is 0 Å². The lowest BCUT2D eigenvalue weighted by Crippen LogP contribution is -2.22. The molecule has 1 aliphatic rings. The molecule has 1 saturated carbocycles. The van der Waals surface area contributed by atoms with Gasteiger partial charge in [-0.2, -0.15) is 0 Å². The fourth-order valence-electron chi connectivity index (χ4n) is 4.16. The van der Waals surface area contributed by atoms with Crippen molar-refractivity contribution in [3.8, 4) is 23.0 Å². The van der Waals surface area contributed by atoms with Crippen LogP contribution in [0.4, 0.5) is 4.39 Å². The highest BCUT2D eigenvalue weighted by atomic mass is 19.1. The van der Waals surface area contributed by atoms with Crippen LogP contribution >= 0.6 is 0 Å². The normalized spacial score (nSPS) is 13.8. The van der Waals surface area contributed by atoms with E-state index in [4.69, 9.17) is 0 Å². The van der Waals surface area contributed by atoms with Crippen molar-refractivity contribution < 1.29 is 4.39 Å². The van der Waals surface area contributed by atoms with Crippen molar-refractivity contribution in [1.82, 2.24) is 33.9 Å². The number of benzene rings is 1. The zero-order chi connectivity index (χ0) is 23.4. The first-order valence-corrected chi connectivity index (χ1v) is 11.3. The van der Waals surface area contributed by atoms with Gasteiger partial charge in [-0.25, -0.2) is 14.4 Å². The summed E-state index contributed by atoms with van der Waals surface area (Å²) >= 11 is 0. The maximum Gasteiger partial charge on any atom is 0.292 e. The molecule has 4 aromatic heterocycles. The average molecular weight is 455 g/mol. The predicted molar refractivity (Wildman–Crippen MR) is 126 cm³/mol. The van der Waals surface area contributed by atoms with E-state index < -0.39 is 11.4 Å². The van der Waals surface area contributed by atoms with Crippen molar-refractivity contribution in [2.75, 3.05) is 0 Å². The zero-order valence-corrected chi connectivity index (χ0v) is 18.8. The Morgan fingerprint density at radius 1 is 1.09 bits per heavy atom. The van der Waals surface area contributed by atoms with E-state index in [2.05, 4.69) is 20.2 Å². The number of hydrogen-bond acceptors (Lipinski definition) is 5. The Bertz CT molecular complexity index is 1590. The fraction of sp³-hybridized carbons (Fsp3) is 0.240. The maximum absolute atomic E-state index is 15.1. The first-order valence-electron chi connectivity index (χ1n) is 11.3. The Labute approximate surface area is 194 Å². The van der Waals surface area contributed by atoms with E-state index in [0.29, 0.717) is 28.6 Å². The zero-order valence-electron chi connectivity index (χ0n) is 18.8. The van der Waals surface area contributed by atoms with Crippen LogP contribution in [0.3, 0.4) is 0 Å². The Morgan fingerprint density at radius 2 is 1.94 bits per heavy atom. The number of aromatic nitrogens is 7. The second-order valence-corrected chi connectivity index (χ2v) is 8.91. The van der Waals surface area contributed by atoms with Crippen LogP contribution in [0.1, 0.15) is 44.3 Å². The summed E-state index contributed by atoms with van der Waals surface area (Å²) in [5, 5.41) is 9.02. The minimum atomic E-state index is -0.814. The minimum Gasteiger partial charge on any atom is -0.310 e. The summed E-state index contributed by atoms with van der Waals surface area (Å²) in [6.45, 7) is 4.04. The third-order valence-electron chi connectivity index (χ3n) is 6.18. The van der Waals surface area contributed by atoms with Crippen LogP contribution in [0.15, 0.2) is 66.2 Å². The minimum absolute atomic E-state index is 0.137. The van der Waals surface area contributed by atoms with Crippen LogP contribution in [0.2, 0.25) is 0 Å². The number of halogens is 1. The van der Waals surface area contributed by atoms with E-state index in [1.54, 1.807) is 49.2 Å². The summed E-state index contributed by atoms with van der Waals surface area (Å²) in [7, 11) is 0. The summed E-state index contributed by atoms with van der Waals surface area (Å²) in [6.07, 6.45) is 9.40. The van der Waals surface area contributed by atoms with Crippen molar-refractivity contribution in [2.45, 2.75) is 38.6 Å². The van der Waals surface area contributed by atoms with Crippen LogP contribution in [0.25, 0.3) is 33.8 Å². The molecule has 0 N–H and O–H groups in total. The van der Waals surface area contributed by atoms with Crippen LogP contribution in [0.5, 0.6) is 0 Å². The van der Waals surface area contributed by atoms with E-state index in [0.717, 1.165) is 11.4 Å². The van der Waals surface area contributed by atoms with Crippen LogP contribution in [-0.2, 0) is 0 Å². The highest BCUT2D eigenvalue weighted by Gasteiger charge is 2.26. The predicted octanol–water partition coefficient (Wildman–Crippen LogP) is 4.43. The van der Waals surface area contributed by atoms with Gasteiger partial charge in [-0.05, 0) is 57.0 Å². The molecule has 0 saturated heterocycles. The molecule has 1 aliphatic carbocycles. The highest BCUT2D eigenvalue weighted by Crippen LogP contribution is 2.39. The molecule has 5 aromatic rings. The SMILES string of the molecule is CC(C)n1cnnc1-c1cccc(-n2cc3cc(-n4cnc(C5CC5)c4)ccc3c(F)c2=O)n1. The monoisotopic (exact) mass is 455 g/mol. The van der Waals surface area contributed by atoms with Crippen molar-refractivity contribution >= 4 is 10.8 Å². The van der Waals surface area contributed by atoms with Gasteiger partial charge in [0.15, 0.2) is 11.6 Å². The van der Waals surface area contributed by atoms with E-state index >= 15 is 4.39 Å². The van der Waals surface area contributed by atoms with Gasteiger partial charge in [-0.15, -0.1) is 10.2 Å². The molecule has 0 radical (unpaired) electrons. The van der Waals surface area contributed by atoms with Crippen LogP contribution in [-0.4, -0.2) is 33.9 Å². The van der Waals surface area contributed by atoms with Gasteiger partial charge in [-0.1, -0.05) is 6.07 Å². The molecule has 0 aliphatic heterocycles. The first-order chi connectivity index (χ1) is 16.5. The molecule has 1 aromatic carbocycles. The molecule has 6 rings (SSSR count). The molecule has 9 heteroatoms. The third kappa shape index (κ3) is 3.40. The summed E-state index contributed by atoms with van der Waals surface area (Å²) in [5.74, 6) is 0.626. The smallest absolute Gasteiger partial charge is 0.292 e. The fourth-order valence-corrected chi connectivity index (χ4v) is 4.16. The summed E-state index contributed by atoms with van der Waals surface area (Å²) in [6, 6.07) is 10.7. The molecular formula is C25H22FN7O. The van der Waals surface area contributed by atoms with E-state index in [9.17, 15) is 4.79 Å². The topological polar surface area (TPSA) is 83.4 Å². The second kappa shape index (κ2) is 7.72. The average Bonchev–Trinajstić information content (AvgIpc) is 3.36. The lowest BCUT2D eigenvalue weighted by molar-refractivity contribution is 0.602. The molecular weight excluding hydrogens is 433 g/mol. The molecule has 0 amide bonds. The molecule has 8 nitrogen and oxygen atoms in total. The van der Waals surface area contributed by atoms with Gasteiger partial charge in [0.2, 0.25) is 0 Å². The van der Waals surface area contributed by atoms with E-state index in [1.807, 2.05) is 35.2 Å². The van der Waals surface area contributed by atoms with Gasteiger partial charge < -0.3 is 9.13 Å². The number of fused-ring (bicyclic) bond motifs is 1. The Balaban J connectivity index is 1.46. The molecule has 170 valence electrons. The van der Waals surface area contributed by atoms with Gasteiger partial charge in [0, 0.05) is 40.8 Å². The number of rotatable bonds is 5. The molecule has 4 heterocycles. The summed E-state index contributed by atoms with van der Waals surface area (Å²) < 4.78 is 20.2. The van der Waals surface area contributed by atoms with Gasteiger partial charge >= 0.3 is 0 Å². The second-order valence-electron chi connectivity index (χ2n) is 8.91. The third-order valence-corrected chi connectivity index (χ3v) is 6.18. The Kier molecular flexibility index (Phi) is 4.65. The van der Waals surface area contributed by atoms with Crippen LogP contribution < -0.4 is 5.56 Å². The lowest BCUT2D eigenvalue weighted by Gasteiger charge is -2.12. The van der Waals surface area contributed by atoms with Crippen molar-refractivity contribution in [3.63, 3.8) is 0 Å². The summed E-state index contributed by atoms with van der Waals surface area (Å²) in [5.41, 5.74) is 1.72. The number of imidazole rings is 1.